The number of amides is 1. The van der Waals surface area contributed by atoms with Gasteiger partial charge in [0.2, 0.25) is 0 Å². The van der Waals surface area contributed by atoms with E-state index in [0.717, 1.165) is 25.7 Å². The molecule has 0 saturated carbocycles. The van der Waals surface area contributed by atoms with Crippen molar-refractivity contribution in [2.75, 3.05) is 0 Å². The van der Waals surface area contributed by atoms with E-state index >= 15 is 0 Å². The summed E-state index contributed by atoms with van der Waals surface area (Å²) in [6.45, 7) is 6.58. The molecule has 3 heteroatoms. The number of unbranched alkanes of at least 4 members (excludes halogenated alkanes) is 14. The van der Waals surface area contributed by atoms with Crippen molar-refractivity contribution in [1.82, 2.24) is 0 Å². The monoisotopic (exact) mass is 369 g/mol. The Morgan fingerprint density at radius 1 is 0.654 bits per heavy atom. The van der Waals surface area contributed by atoms with Crippen LogP contribution in [0.3, 0.4) is 0 Å². The van der Waals surface area contributed by atoms with Crippen molar-refractivity contribution in [1.29, 1.82) is 0 Å². The average molecular weight is 370 g/mol. The van der Waals surface area contributed by atoms with Crippen LogP contribution in [0.4, 0.5) is 4.79 Å². The van der Waals surface area contributed by atoms with Crippen LogP contribution in [0.25, 0.3) is 0 Å². The molecule has 0 unspecified atom stereocenters. The molecule has 0 bridgehead atoms. The topological polar surface area (TPSA) is 52.3 Å². The van der Waals surface area contributed by atoms with Crippen LogP contribution in [-0.4, -0.2) is 11.7 Å². The molecule has 2 N–H and O–H groups in total. The van der Waals surface area contributed by atoms with Crippen LogP contribution in [0, 0.1) is 0 Å². The van der Waals surface area contributed by atoms with Crippen molar-refractivity contribution in [3.63, 3.8) is 0 Å². The molecule has 0 aromatic heterocycles. The highest BCUT2D eigenvalue weighted by molar-refractivity contribution is 5.65. The molecule has 0 aliphatic heterocycles. The van der Waals surface area contributed by atoms with Crippen molar-refractivity contribution >= 4 is 6.09 Å². The predicted molar refractivity (Wildman–Crippen MR) is 114 cm³/mol. The van der Waals surface area contributed by atoms with E-state index in [9.17, 15) is 4.79 Å². The summed E-state index contributed by atoms with van der Waals surface area (Å²) in [4.78, 5) is 11.3. The van der Waals surface area contributed by atoms with Gasteiger partial charge in [-0.2, -0.15) is 0 Å². The minimum atomic E-state index is -0.619. The lowest BCUT2D eigenvalue weighted by molar-refractivity contribution is 0.0138. The molecule has 0 aromatic rings. The fraction of sp³-hybridized carbons (Fsp3) is 0.957. The van der Waals surface area contributed by atoms with Gasteiger partial charge in [-0.15, -0.1) is 0 Å². The number of rotatable bonds is 19. The molecule has 0 aromatic carbocycles. The second-order valence-electron chi connectivity index (χ2n) is 8.32. The summed E-state index contributed by atoms with van der Waals surface area (Å²) >= 11 is 0. The van der Waals surface area contributed by atoms with Crippen molar-refractivity contribution in [3.05, 3.63) is 0 Å². The molecule has 0 aliphatic carbocycles. The summed E-state index contributed by atoms with van der Waals surface area (Å²) in [7, 11) is 0. The number of hydrogen-bond donors (Lipinski definition) is 1. The summed E-state index contributed by atoms with van der Waals surface area (Å²) in [5, 5.41) is 0. The maximum Gasteiger partial charge on any atom is 0.405 e. The summed E-state index contributed by atoms with van der Waals surface area (Å²) in [5.74, 6) is 0. The number of hydrogen-bond acceptors (Lipinski definition) is 2. The zero-order chi connectivity index (χ0) is 19.5. The van der Waals surface area contributed by atoms with Crippen LogP contribution in [0.15, 0.2) is 0 Å². The Hall–Kier alpha value is -0.730. The van der Waals surface area contributed by atoms with Gasteiger partial charge in [0, 0.05) is 0 Å². The van der Waals surface area contributed by atoms with Crippen LogP contribution in [0.1, 0.15) is 136 Å². The van der Waals surface area contributed by atoms with E-state index in [0.29, 0.717) is 0 Å². The second-order valence-corrected chi connectivity index (χ2v) is 8.32. The molecule has 0 radical (unpaired) electrons. The van der Waals surface area contributed by atoms with E-state index in [1.54, 1.807) is 0 Å². The lowest BCUT2D eigenvalue weighted by Crippen LogP contribution is -2.34. The Labute approximate surface area is 163 Å². The standard InChI is InChI=1S/C23H47NO2/c1-4-6-8-10-12-14-16-18-20-23(3,26-22(24)25)21-19-17-15-13-11-9-7-5-2/h4-21H2,1-3H3,(H2,24,25). The van der Waals surface area contributed by atoms with Crippen LogP contribution >= 0.6 is 0 Å². The van der Waals surface area contributed by atoms with E-state index in [-0.39, 0.29) is 5.60 Å². The van der Waals surface area contributed by atoms with Gasteiger partial charge in [-0.3, -0.25) is 0 Å². The van der Waals surface area contributed by atoms with Gasteiger partial charge in [-0.25, -0.2) is 4.79 Å². The summed E-state index contributed by atoms with van der Waals surface area (Å²) in [6.07, 6.45) is 22.1. The molecular weight excluding hydrogens is 322 g/mol. The van der Waals surface area contributed by atoms with Gasteiger partial charge >= 0.3 is 6.09 Å². The summed E-state index contributed by atoms with van der Waals surface area (Å²) in [6, 6.07) is 0. The number of carbonyl (C=O) groups is 1. The third-order valence-electron chi connectivity index (χ3n) is 5.47. The Morgan fingerprint density at radius 2 is 0.962 bits per heavy atom. The Morgan fingerprint density at radius 3 is 1.27 bits per heavy atom. The minimum Gasteiger partial charge on any atom is -0.443 e. The lowest BCUT2D eigenvalue weighted by atomic mass is 9.91. The summed E-state index contributed by atoms with van der Waals surface area (Å²) < 4.78 is 5.50. The normalized spacial score (nSPS) is 11.7. The van der Waals surface area contributed by atoms with E-state index in [2.05, 4.69) is 20.8 Å². The highest BCUT2D eigenvalue weighted by Gasteiger charge is 2.26. The maximum atomic E-state index is 11.3. The van der Waals surface area contributed by atoms with E-state index in [4.69, 9.17) is 10.5 Å². The van der Waals surface area contributed by atoms with Crippen LogP contribution in [0.2, 0.25) is 0 Å². The molecular formula is C23H47NO2. The van der Waals surface area contributed by atoms with Gasteiger partial charge in [0.15, 0.2) is 0 Å². The van der Waals surface area contributed by atoms with E-state index in [1.165, 1.54) is 89.9 Å². The molecule has 0 atom stereocenters. The number of nitrogens with two attached hydrogens (primary N) is 1. The van der Waals surface area contributed by atoms with Gasteiger partial charge in [0.1, 0.15) is 5.60 Å². The van der Waals surface area contributed by atoms with E-state index in [1.807, 2.05) is 0 Å². The SMILES string of the molecule is CCCCCCCCCCC(C)(CCCCCCCCCC)OC(N)=O. The number of carbonyl (C=O) groups excluding carboxylic acids is 1. The van der Waals surface area contributed by atoms with Crippen molar-refractivity contribution in [2.24, 2.45) is 5.73 Å². The smallest absolute Gasteiger partial charge is 0.405 e. The zero-order valence-electron chi connectivity index (χ0n) is 18.1. The fourth-order valence-electron chi connectivity index (χ4n) is 3.74. The molecule has 3 nitrogen and oxygen atoms in total. The first-order chi connectivity index (χ1) is 12.5. The van der Waals surface area contributed by atoms with Gasteiger partial charge in [-0.05, 0) is 32.6 Å². The predicted octanol–water partition coefficient (Wildman–Crippen LogP) is 7.90. The van der Waals surface area contributed by atoms with Crippen LogP contribution in [0.5, 0.6) is 0 Å². The first-order valence-corrected chi connectivity index (χ1v) is 11.5. The Balaban J connectivity index is 3.84. The molecule has 1 amide bonds. The largest absolute Gasteiger partial charge is 0.443 e. The second kappa shape index (κ2) is 17.7. The average Bonchev–Trinajstić information content (AvgIpc) is 2.59. The van der Waals surface area contributed by atoms with Crippen molar-refractivity contribution in [3.8, 4) is 0 Å². The van der Waals surface area contributed by atoms with Gasteiger partial charge in [0.25, 0.3) is 0 Å². The fourth-order valence-corrected chi connectivity index (χ4v) is 3.74. The molecule has 0 rings (SSSR count). The molecule has 0 aliphatic rings. The van der Waals surface area contributed by atoms with Crippen molar-refractivity contribution in [2.45, 2.75) is 142 Å². The quantitative estimate of drug-likeness (QED) is 0.235. The lowest BCUT2D eigenvalue weighted by Gasteiger charge is -2.29. The Bertz CT molecular complexity index is 297. The first-order valence-electron chi connectivity index (χ1n) is 11.5. The summed E-state index contributed by atoms with van der Waals surface area (Å²) in [5.41, 5.74) is 4.95. The molecule has 0 heterocycles. The number of ether oxygens (including phenoxy) is 1. The van der Waals surface area contributed by atoms with Crippen LogP contribution < -0.4 is 5.73 Å². The zero-order valence-corrected chi connectivity index (χ0v) is 18.1. The van der Waals surface area contributed by atoms with Crippen LogP contribution in [-0.2, 0) is 4.74 Å². The van der Waals surface area contributed by atoms with Gasteiger partial charge < -0.3 is 10.5 Å². The van der Waals surface area contributed by atoms with Crippen molar-refractivity contribution < 1.29 is 9.53 Å². The molecule has 0 fully saturated rings. The molecule has 156 valence electrons. The Kier molecular flexibility index (Phi) is 17.2. The third kappa shape index (κ3) is 16.7. The van der Waals surface area contributed by atoms with E-state index < -0.39 is 6.09 Å². The first kappa shape index (κ1) is 25.3. The minimum absolute atomic E-state index is 0.365. The molecule has 0 saturated heterocycles. The molecule has 0 spiro atoms. The highest BCUT2D eigenvalue weighted by atomic mass is 16.6. The maximum absolute atomic E-state index is 11.3. The van der Waals surface area contributed by atoms with Gasteiger partial charge in [0.05, 0.1) is 0 Å². The highest BCUT2D eigenvalue weighted by Crippen LogP contribution is 2.27. The third-order valence-corrected chi connectivity index (χ3v) is 5.47. The van der Waals surface area contributed by atoms with Gasteiger partial charge in [-0.1, -0.05) is 104 Å². The number of primary amides is 1. The molecule has 26 heavy (non-hydrogen) atoms.